The molecule has 1 fully saturated rings. The van der Waals surface area contributed by atoms with Crippen LogP contribution in [0.2, 0.25) is 9.73 Å². The minimum atomic E-state index is 0. The second-order valence-corrected chi connectivity index (χ2v) is 9.63. The summed E-state index contributed by atoms with van der Waals surface area (Å²) in [4.78, 5) is 9.59. The third-order valence-electron chi connectivity index (χ3n) is 5.36. The number of anilines is 1. The molecular formula is C23H27AsCl3N3O. The Kier molecular flexibility index (Phi) is 9.96. The first-order chi connectivity index (χ1) is 14.1. The smallest absolute Gasteiger partial charge is 0.147 e. The summed E-state index contributed by atoms with van der Waals surface area (Å²) >= 11 is 7.80. The van der Waals surface area contributed by atoms with Crippen LogP contribution in [0.1, 0.15) is 37.1 Å². The monoisotopic (exact) mass is 541 g/mol. The van der Waals surface area contributed by atoms with E-state index in [2.05, 4.69) is 5.32 Å². The van der Waals surface area contributed by atoms with Gasteiger partial charge in [0.15, 0.2) is 0 Å². The van der Waals surface area contributed by atoms with Crippen LogP contribution < -0.4 is 10.1 Å². The van der Waals surface area contributed by atoms with Crippen molar-refractivity contribution in [1.82, 2.24) is 9.97 Å². The Hall–Kier alpha value is -1.45. The van der Waals surface area contributed by atoms with Gasteiger partial charge in [-0.2, -0.15) is 0 Å². The van der Waals surface area contributed by atoms with Crippen LogP contribution in [0.15, 0.2) is 42.5 Å². The van der Waals surface area contributed by atoms with E-state index in [-0.39, 0.29) is 24.8 Å². The number of rotatable bonds is 5. The molecule has 0 bridgehead atoms. The van der Waals surface area contributed by atoms with Gasteiger partial charge in [-0.15, -0.1) is 24.8 Å². The van der Waals surface area contributed by atoms with Gasteiger partial charge in [-0.05, 0) is 0 Å². The molecule has 1 aliphatic carbocycles. The average Bonchev–Trinajstić information content (AvgIpc) is 2.74. The van der Waals surface area contributed by atoms with Crippen molar-refractivity contribution in [3.63, 3.8) is 0 Å². The summed E-state index contributed by atoms with van der Waals surface area (Å²) in [5.41, 5.74) is 1.97. The average molecular weight is 543 g/mol. The predicted octanol–water partition coefficient (Wildman–Crippen LogP) is 6.08. The van der Waals surface area contributed by atoms with Gasteiger partial charge in [0.1, 0.15) is 0 Å². The Balaban J connectivity index is 0.00000171. The summed E-state index contributed by atoms with van der Waals surface area (Å²) in [7, 11) is 1.68. The van der Waals surface area contributed by atoms with Crippen LogP contribution in [0.25, 0.3) is 23.1 Å². The van der Waals surface area contributed by atoms with Crippen LogP contribution in [0.4, 0.5) is 5.82 Å². The molecule has 3 unspecified atom stereocenters. The van der Waals surface area contributed by atoms with Gasteiger partial charge in [0.05, 0.1) is 0 Å². The molecule has 0 aliphatic heterocycles. The molecule has 8 heteroatoms. The maximum atomic E-state index is 5.98. The SMILES string of the molecule is COc1ccc2nc(C=Cc3ccc(Cl)cc3)nc(NC3CCCCC3[AsH2])c2c1.Cl.Cl. The quantitative estimate of drug-likeness (QED) is 0.397. The van der Waals surface area contributed by atoms with Crippen molar-refractivity contribution in [3.05, 3.63) is 58.9 Å². The number of nitrogens with zero attached hydrogens (tertiary/aromatic N) is 2. The van der Waals surface area contributed by atoms with E-state index in [1.54, 1.807) is 7.11 Å². The number of fused-ring (bicyclic) bond motifs is 1. The fraction of sp³-hybridized carbons (Fsp3) is 0.304. The zero-order valence-corrected chi connectivity index (χ0v) is 22.1. The first kappa shape index (κ1) is 25.8. The van der Waals surface area contributed by atoms with Gasteiger partial charge in [-0.1, -0.05) is 11.6 Å². The van der Waals surface area contributed by atoms with Gasteiger partial charge in [0.2, 0.25) is 0 Å². The molecule has 0 amide bonds. The van der Waals surface area contributed by atoms with E-state index < -0.39 is 0 Å². The molecule has 0 saturated heterocycles. The van der Waals surface area contributed by atoms with Crippen molar-refractivity contribution >= 4 is 82.1 Å². The Morgan fingerprint density at radius 2 is 1.77 bits per heavy atom. The number of halogens is 3. The number of methoxy groups -OCH3 is 1. The second-order valence-electron chi connectivity index (χ2n) is 7.40. The normalized spacial score (nSPS) is 18.3. The van der Waals surface area contributed by atoms with Crippen molar-refractivity contribution < 1.29 is 4.74 Å². The van der Waals surface area contributed by atoms with E-state index >= 15 is 0 Å². The van der Waals surface area contributed by atoms with Crippen molar-refractivity contribution in [1.29, 1.82) is 0 Å². The number of hydrogen-bond donors (Lipinski definition) is 1. The molecule has 3 atom stereocenters. The van der Waals surface area contributed by atoms with Crippen LogP contribution in [0, 0.1) is 0 Å². The van der Waals surface area contributed by atoms with Gasteiger partial charge in [-0.25, -0.2) is 0 Å². The zero-order chi connectivity index (χ0) is 20.2. The summed E-state index contributed by atoms with van der Waals surface area (Å²) in [6, 6.07) is 14.1. The molecule has 1 saturated carbocycles. The van der Waals surface area contributed by atoms with E-state index in [1.165, 1.54) is 25.7 Å². The summed E-state index contributed by atoms with van der Waals surface area (Å²) in [5.74, 6) is 2.39. The number of benzene rings is 2. The molecule has 2 aromatic carbocycles. The second kappa shape index (κ2) is 12.0. The van der Waals surface area contributed by atoms with Gasteiger partial charge < -0.3 is 0 Å². The van der Waals surface area contributed by atoms with Crippen molar-refractivity contribution in [2.24, 2.45) is 0 Å². The summed E-state index contributed by atoms with van der Waals surface area (Å²) < 4.78 is 6.12. The van der Waals surface area contributed by atoms with Crippen molar-refractivity contribution in [2.45, 2.75) is 36.4 Å². The molecule has 0 radical (unpaired) electrons. The van der Waals surface area contributed by atoms with Crippen LogP contribution >= 0.6 is 36.4 Å². The molecule has 166 valence electrons. The minimum Gasteiger partial charge on any atom is -0.147 e. The molecule has 31 heavy (non-hydrogen) atoms. The molecule has 1 heterocycles. The number of hydrogen-bond acceptors (Lipinski definition) is 4. The fourth-order valence-corrected chi connectivity index (χ4v) is 4.92. The standard InChI is InChI=1S/C23H25AsClN3O.2ClH/c1-29-17-11-12-20-18(14-17)23(27-21-5-3-2-4-19(21)24)28-22(26-20)13-8-15-6-9-16(25)10-7-15;;/h6-14,19,21H,2-5,24H2,1H3,(H,26,27,28);2*1H. The molecule has 1 aliphatic rings. The van der Waals surface area contributed by atoms with E-state index in [1.807, 2.05) is 71.5 Å². The van der Waals surface area contributed by atoms with Crippen molar-refractivity contribution in [3.8, 4) is 5.75 Å². The van der Waals surface area contributed by atoms with Crippen LogP contribution in [-0.4, -0.2) is 40.0 Å². The van der Waals surface area contributed by atoms with Gasteiger partial charge in [-0.3, -0.25) is 0 Å². The van der Waals surface area contributed by atoms with Gasteiger partial charge in [0, 0.05) is 0 Å². The number of aromatic nitrogens is 2. The van der Waals surface area contributed by atoms with E-state index in [0.29, 0.717) is 16.6 Å². The number of ether oxygens (including phenoxy) is 1. The molecular weight excluding hydrogens is 516 g/mol. The summed E-state index contributed by atoms with van der Waals surface area (Å²) in [5, 5.41) is 5.46. The molecule has 1 aromatic heterocycles. The van der Waals surface area contributed by atoms with Gasteiger partial charge in [0.25, 0.3) is 0 Å². The van der Waals surface area contributed by atoms with E-state index in [9.17, 15) is 0 Å². The fourth-order valence-electron chi connectivity index (χ4n) is 3.70. The van der Waals surface area contributed by atoms with Crippen LogP contribution in [0.5, 0.6) is 5.75 Å². The van der Waals surface area contributed by atoms with Crippen molar-refractivity contribution in [2.75, 3.05) is 12.4 Å². The minimum absolute atomic E-state index is 0. The molecule has 0 spiro atoms. The maximum Gasteiger partial charge on any atom is -0.147 e. The van der Waals surface area contributed by atoms with Gasteiger partial charge >= 0.3 is 174 Å². The van der Waals surface area contributed by atoms with Crippen LogP contribution in [-0.2, 0) is 0 Å². The first-order valence-electron chi connectivity index (χ1n) is 9.94. The summed E-state index contributed by atoms with van der Waals surface area (Å²) in [6.45, 7) is 0. The Labute approximate surface area is 209 Å². The third kappa shape index (κ3) is 6.52. The zero-order valence-electron chi connectivity index (χ0n) is 17.3. The topological polar surface area (TPSA) is 47.0 Å². The van der Waals surface area contributed by atoms with Crippen LogP contribution in [0.3, 0.4) is 0 Å². The predicted molar refractivity (Wildman–Crippen MR) is 139 cm³/mol. The molecule has 1 N–H and O–H groups in total. The Morgan fingerprint density at radius 3 is 2.48 bits per heavy atom. The van der Waals surface area contributed by atoms with E-state index in [0.717, 1.165) is 33.1 Å². The first-order valence-corrected chi connectivity index (χ1v) is 11.7. The molecule has 3 aromatic rings. The largest absolute Gasteiger partial charge is 0.147 e. The van der Waals surface area contributed by atoms with E-state index in [4.69, 9.17) is 26.3 Å². The number of nitrogens with one attached hydrogen (secondary N) is 1. The third-order valence-corrected chi connectivity index (χ3v) is 7.28. The maximum absolute atomic E-state index is 5.98. The molecule has 4 rings (SSSR count). The Morgan fingerprint density at radius 1 is 1.03 bits per heavy atom. The summed E-state index contributed by atoms with van der Waals surface area (Å²) in [6.07, 6.45) is 9.04. The Bertz CT molecular complexity index is 1030. The molecule has 4 nitrogen and oxygen atoms in total.